The minimum absolute atomic E-state index is 0.0274. The molecule has 3 N–H and O–H groups in total. The van der Waals surface area contributed by atoms with Gasteiger partial charge < -0.3 is 15.5 Å². The second-order valence-electron chi connectivity index (χ2n) is 8.21. The maximum atomic E-state index is 4.65. The third kappa shape index (κ3) is 3.06. The summed E-state index contributed by atoms with van der Waals surface area (Å²) in [5.74, 6) is 2.54. The summed E-state index contributed by atoms with van der Waals surface area (Å²) in [6.45, 7) is 4.70. The lowest BCUT2D eigenvalue weighted by molar-refractivity contribution is 0.189. The van der Waals surface area contributed by atoms with E-state index in [0.29, 0.717) is 11.3 Å². The fraction of sp³-hybridized carbons (Fsp3) is 0.667. The Kier molecular flexibility index (Phi) is 3.60. The van der Waals surface area contributed by atoms with Gasteiger partial charge in [-0.05, 0) is 50.8 Å². The normalized spacial score (nSPS) is 33.0. The lowest BCUT2D eigenvalue weighted by Crippen LogP contribution is -2.46. The van der Waals surface area contributed by atoms with Crippen molar-refractivity contribution in [2.45, 2.75) is 37.9 Å². The van der Waals surface area contributed by atoms with Crippen LogP contribution in [-0.2, 0) is 0 Å². The van der Waals surface area contributed by atoms with Crippen molar-refractivity contribution in [1.82, 2.24) is 25.3 Å². The molecule has 1 aromatic heterocycles. The maximum absolute atomic E-state index is 4.65. The summed E-state index contributed by atoms with van der Waals surface area (Å²) in [6, 6.07) is 2.13. The van der Waals surface area contributed by atoms with Gasteiger partial charge in [0, 0.05) is 43.5 Å². The van der Waals surface area contributed by atoms with Gasteiger partial charge >= 0.3 is 0 Å². The smallest absolute Gasteiger partial charge is 0.177 e. The number of allylic oxidation sites excluding steroid dienone is 1. The summed E-state index contributed by atoms with van der Waals surface area (Å²) < 4.78 is 0. The molecule has 134 valence electrons. The van der Waals surface area contributed by atoms with Gasteiger partial charge in [0.25, 0.3) is 0 Å². The molecule has 0 aromatic carbocycles. The summed E-state index contributed by atoms with van der Waals surface area (Å²) in [5.41, 5.74) is 1.72. The Bertz CT molecular complexity index is 704. The van der Waals surface area contributed by atoms with Gasteiger partial charge in [0.15, 0.2) is 12.1 Å². The van der Waals surface area contributed by atoms with Crippen molar-refractivity contribution in [2.75, 3.05) is 38.5 Å². The quantitative estimate of drug-likeness (QED) is 0.775. The van der Waals surface area contributed by atoms with Crippen LogP contribution in [0.25, 0.3) is 0 Å². The number of aromatic amines is 1. The molecule has 0 radical (unpaired) electrons. The monoisotopic (exact) mass is 341 g/mol. The van der Waals surface area contributed by atoms with E-state index in [-0.39, 0.29) is 6.29 Å². The minimum Gasteiger partial charge on any atom is -0.338 e. The summed E-state index contributed by atoms with van der Waals surface area (Å²) in [5, 5.41) is 14.4. The van der Waals surface area contributed by atoms with Crippen LogP contribution in [0.3, 0.4) is 0 Å². The highest BCUT2D eigenvalue weighted by Gasteiger charge is 2.44. The van der Waals surface area contributed by atoms with Crippen molar-refractivity contribution in [2.24, 2.45) is 10.4 Å². The molecule has 2 unspecified atom stereocenters. The van der Waals surface area contributed by atoms with Gasteiger partial charge in [-0.2, -0.15) is 5.10 Å². The Hall–Kier alpha value is -1.86. The molecule has 4 aliphatic rings. The van der Waals surface area contributed by atoms with E-state index in [1.807, 2.05) is 12.3 Å². The number of H-pyrrole nitrogens is 1. The lowest BCUT2D eigenvalue weighted by atomic mass is 9.86. The Morgan fingerprint density at radius 2 is 2.12 bits per heavy atom. The van der Waals surface area contributed by atoms with Crippen molar-refractivity contribution in [1.29, 1.82) is 0 Å². The number of rotatable bonds is 4. The van der Waals surface area contributed by atoms with Crippen LogP contribution in [0.1, 0.15) is 37.3 Å². The Morgan fingerprint density at radius 1 is 1.24 bits per heavy atom. The highest BCUT2D eigenvalue weighted by molar-refractivity contribution is 5.74. The highest BCUT2D eigenvalue weighted by Crippen LogP contribution is 2.40. The number of nitrogens with zero attached hydrogens (tertiary/aromatic N) is 4. The van der Waals surface area contributed by atoms with E-state index < -0.39 is 0 Å². The lowest BCUT2D eigenvalue weighted by Gasteiger charge is -2.30. The minimum atomic E-state index is 0.0274. The van der Waals surface area contributed by atoms with Crippen LogP contribution >= 0.6 is 0 Å². The fourth-order valence-corrected chi connectivity index (χ4v) is 4.50. The third-order valence-electron chi connectivity index (χ3n) is 6.07. The van der Waals surface area contributed by atoms with E-state index in [1.54, 1.807) is 0 Å². The Morgan fingerprint density at radius 3 is 2.92 bits per heavy atom. The SMILES string of the molecule is CN1CCC2(CCN(C3N=CC=C(Nc4cc(C5CC5)[nH]n4)N3)C2)C1. The van der Waals surface area contributed by atoms with Gasteiger partial charge in [0.05, 0.1) is 0 Å². The van der Waals surface area contributed by atoms with Gasteiger partial charge in [-0.3, -0.25) is 15.0 Å². The predicted molar refractivity (Wildman–Crippen MR) is 98.4 cm³/mol. The molecule has 1 aromatic rings. The second-order valence-corrected chi connectivity index (χ2v) is 8.21. The summed E-state index contributed by atoms with van der Waals surface area (Å²) in [6.07, 6.45) is 9.07. The number of hydrogen-bond acceptors (Lipinski definition) is 6. The first kappa shape index (κ1) is 15.4. The number of likely N-dealkylation sites (tertiary alicyclic amines) is 2. The second kappa shape index (κ2) is 5.85. The molecule has 25 heavy (non-hydrogen) atoms. The van der Waals surface area contributed by atoms with Gasteiger partial charge in [0.2, 0.25) is 0 Å². The van der Waals surface area contributed by atoms with E-state index in [0.717, 1.165) is 24.7 Å². The van der Waals surface area contributed by atoms with Gasteiger partial charge in [-0.1, -0.05) is 0 Å². The number of aliphatic imine (C=N–C) groups is 1. The zero-order valence-corrected chi connectivity index (χ0v) is 14.8. The first-order valence-corrected chi connectivity index (χ1v) is 9.44. The van der Waals surface area contributed by atoms with Crippen molar-refractivity contribution in [3.63, 3.8) is 0 Å². The molecule has 7 nitrogen and oxygen atoms in total. The molecule has 1 saturated carbocycles. The summed E-state index contributed by atoms with van der Waals surface area (Å²) >= 11 is 0. The molecule has 4 heterocycles. The molecular weight excluding hydrogens is 314 g/mol. The zero-order chi connectivity index (χ0) is 16.9. The first-order chi connectivity index (χ1) is 12.2. The number of nitrogens with one attached hydrogen (secondary N) is 3. The van der Waals surface area contributed by atoms with E-state index in [4.69, 9.17) is 0 Å². The average Bonchev–Trinajstić information content (AvgIpc) is 3.05. The largest absolute Gasteiger partial charge is 0.338 e. The van der Waals surface area contributed by atoms with Crippen LogP contribution in [0.5, 0.6) is 0 Å². The van der Waals surface area contributed by atoms with Crippen LogP contribution in [0.2, 0.25) is 0 Å². The summed E-state index contributed by atoms with van der Waals surface area (Å²) in [4.78, 5) is 9.59. The fourth-order valence-electron chi connectivity index (χ4n) is 4.50. The number of aromatic nitrogens is 2. The van der Waals surface area contributed by atoms with Gasteiger partial charge in [-0.25, -0.2) is 0 Å². The topological polar surface area (TPSA) is 71.6 Å². The Labute approximate surface area is 148 Å². The molecule has 3 fully saturated rings. The highest BCUT2D eigenvalue weighted by atomic mass is 15.4. The van der Waals surface area contributed by atoms with E-state index in [2.05, 4.69) is 48.7 Å². The number of anilines is 1. The van der Waals surface area contributed by atoms with Crippen molar-refractivity contribution < 1.29 is 0 Å². The van der Waals surface area contributed by atoms with Crippen LogP contribution in [0.15, 0.2) is 23.0 Å². The van der Waals surface area contributed by atoms with Crippen molar-refractivity contribution >= 4 is 12.0 Å². The third-order valence-corrected chi connectivity index (χ3v) is 6.07. The molecule has 1 aliphatic carbocycles. The van der Waals surface area contributed by atoms with E-state index in [9.17, 15) is 0 Å². The Balaban J connectivity index is 1.21. The van der Waals surface area contributed by atoms with E-state index >= 15 is 0 Å². The molecule has 2 atom stereocenters. The summed E-state index contributed by atoms with van der Waals surface area (Å²) in [7, 11) is 2.24. The molecule has 1 spiro atoms. The van der Waals surface area contributed by atoms with Crippen LogP contribution in [0.4, 0.5) is 5.82 Å². The van der Waals surface area contributed by atoms with Crippen LogP contribution < -0.4 is 10.6 Å². The molecule has 3 aliphatic heterocycles. The zero-order valence-electron chi connectivity index (χ0n) is 14.8. The molecule has 0 bridgehead atoms. The molecule has 7 heteroatoms. The van der Waals surface area contributed by atoms with Crippen LogP contribution in [-0.4, -0.2) is 65.7 Å². The molecule has 5 rings (SSSR count). The van der Waals surface area contributed by atoms with Crippen LogP contribution in [0, 0.1) is 5.41 Å². The average molecular weight is 341 g/mol. The molecular formula is C18H27N7. The van der Waals surface area contributed by atoms with Gasteiger partial charge in [0.1, 0.15) is 5.82 Å². The standard InChI is InChI=1S/C18H27N7/c1-24-8-5-18(11-24)6-9-25(12-18)17-19-7-4-15(21-17)20-16-10-14(22-23-16)13-2-3-13/h4,7,10,13,17,21H,2-3,5-6,8-9,11-12H2,1H3,(H2,20,22,23). The number of hydrogen-bond donors (Lipinski definition) is 3. The van der Waals surface area contributed by atoms with Gasteiger partial charge in [-0.15, -0.1) is 0 Å². The molecule has 0 amide bonds. The first-order valence-electron chi connectivity index (χ1n) is 9.44. The maximum Gasteiger partial charge on any atom is 0.177 e. The van der Waals surface area contributed by atoms with E-state index in [1.165, 1.54) is 44.5 Å². The van der Waals surface area contributed by atoms with Crippen molar-refractivity contribution in [3.05, 3.63) is 23.7 Å². The van der Waals surface area contributed by atoms with Crippen molar-refractivity contribution in [3.8, 4) is 0 Å². The molecule has 2 saturated heterocycles. The predicted octanol–water partition coefficient (Wildman–Crippen LogP) is 1.53.